The summed E-state index contributed by atoms with van der Waals surface area (Å²) in [6.45, 7) is 2.10. The Bertz CT molecular complexity index is 581. The van der Waals surface area contributed by atoms with Crippen molar-refractivity contribution in [3.05, 3.63) is 35.6 Å². The van der Waals surface area contributed by atoms with Gasteiger partial charge in [0, 0.05) is 18.7 Å². The Morgan fingerprint density at radius 1 is 1.23 bits per heavy atom. The highest BCUT2D eigenvalue weighted by molar-refractivity contribution is 5.94. The van der Waals surface area contributed by atoms with Crippen LogP contribution in [0.2, 0.25) is 0 Å². The summed E-state index contributed by atoms with van der Waals surface area (Å²) in [7, 11) is 0. The van der Waals surface area contributed by atoms with Crippen LogP contribution in [-0.4, -0.2) is 49.6 Å². The standard InChI is InChI=1S/C16H19FN2O3/c17-13-4-2-1-3-12(13)16(5-6-16)15(21)18-11-14(20)19-7-9-22-10-8-19/h1-4H,5-11H2,(H,18,21). The van der Waals surface area contributed by atoms with Crippen LogP contribution < -0.4 is 5.32 Å². The summed E-state index contributed by atoms with van der Waals surface area (Å²) in [5.41, 5.74) is -0.372. The molecule has 0 bridgehead atoms. The molecular formula is C16H19FN2O3. The monoisotopic (exact) mass is 306 g/mol. The van der Waals surface area contributed by atoms with Gasteiger partial charge in [-0.2, -0.15) is 0 Å². The fourth-order valence-corrected chi connectivity index (χ4v) is 2.84. The predicted molar refractivity (Wildman–Crippen MR) is 77.7 cm³/mol. The van der Waals surface area contributed by atoms with Gasteiger partial charge in [0.1, 0.15) is 5.82 Å². The van der Waals surface area contributed by atoms with Crippen molar-refractivity contribution in [2.75, 3.05) is 32.8 Å². The lowest BCUT2D eigenvalue weighted by Crippen LogP contribution is -2.47. The van der Waals surface area contributed by atoms with Crippen molar-refractivity contribution in [1.29, 1.82) is 0 Å². The SMILES string of the molecule is O=C(CNC(=O)C1(c2ccccc2F)CC1)N1CCOCC1. The molecule has 1 saturated heterocycles. The molecule has 5 nitrogen and oxygen atoms in total. The zero-order valence-electron chi connectivity index (χ0n) is 12.3. The molecule has 6 heteroatoms. The van der Waals surface area contributed by atoms with E-state index in [0.29, 0.717) is 44.7 Å². The number of carbonyl (C=O) groups excluding carboxylic acids is 2. The van der Waals surface area contributed by atoms with Crippen molar-refractivity contribution in [2.45, 2.75) is 18.3 Å². The van der Waals surface area contributed by atoms with Crippen molar-refractivity contribution in [1.82, 2.24) is 10.2 Å². The van der Waals surface area contributed by atoms with E-state index in [2.05, 4.69) is 5.32 Å². The van der Waals surface area contributed by atoms with Crippen LogP contribution in [0.3, 0.4) is 0 Å². The van der Waals surface area contributed by atoms with Gasteiger partial charge in [-0.3, -0.25) is 9.59 Å². The molecule has 3 rings (SSSR count). The van der Waals surface area contributed by atoms with Gasteiger partial charge < -0.3 is 15.0 Å². The number of amides is 2. The molecule has 1 saturated carbocycles. The Hall–Kier alpha value is -1.95. The van der Waals surface area contributed by atoms with Crippen molar-refractivity contribution >= 4 is 11.8 Å². The normalized spacial score (nSPS) is 19.6. The summed E-state index contributed by atoms with van der Waals surface area (Å²) in [5.74, 6) is -0.755. The molecule has 0 aromatic heterocycles. The highest BCUT2D eigenvalue weighted by Gasteiger charge is 2.52. The van der Waals surface area contributed by atoms with E-state index in [1.54, 1.807) is 23.1 Å². The van der Waals surface area contributed by atoms with Crippen LogP contribution in [0.5, 0.6) is 0 Å². The van der Waals surface area contributed by atoms with Crippen LogP contribution >= 0.6 is 0 Å². The molecule has 2 aliphatic rings. The second-order valence-electron chi connectivity index (χ2n) is 5.74. The first-order valence-corrected chi connectivity index (χ1v) is 7.52. The third-order valence-electron chi connectivity index (χ3n) is 4.34. The average molecular weight is 306 g/mol. The van der Waals surface area contributed by atoms with Crippen molar-refractivity contribution < 1.29 is 18.7 Å². The maximum atomic E-state index is 13.9. The molecule has 0 spiro atoms. The van der Waals surface area contributed by atoms with Crippen LogP contribution in [0.15, 0.2) is 24.3 Å². The van der Waals surface area contributed by atoms with Gasteiger partial charge in [-0.25, -0.2) is 4.39 Å². The minimum atomic E-state index is -0.795. The van der Waals surface area contributed by atoms with E-state index in [-0.39, 0.29) is 24.2 Å². The van der Waals surface area contributed by atoms with E-state index in [4.69, 9.17) is 4.74 Å². The fraction of sp³-hybridized carbons (Fsp3) is 0.500. The Morgan fingerprint density at radius 3 is 2.55 bits per heavy atom. The first-order valence-electron chi connectivity index (χ1n) is 7.52. The first-order chi connectivity index (χ1) is 10.6. The smallest absolute Gasteiger partial charge is 0.242 e. The Labute approximate surface area is 128 Å². The van der Waals surface area contributed by atoms with E-state index >= 15 is 0 Å². The molecule has 118 valence electrons. The summed E-state index contributed by atoms with van der Waals surface area (Å²) in [6, 6.07) is 6.34. The van der Waals surface area contributed by atoms with Gasteiger partial charge in [-0.05, 0) is 18.9 Å². The van der Waals surface area contributed by atoms with Gasteiger partial charge in [0.25, 0.3) is 0 Å². The predicted octanol–water partition coefficient (Wildman–Crippen LogP) is 0.832. The summed E-state index contributed by atoms with van der Waals surface area (Å²) < 4.78 is 19.1. The number of nitrogens with zero attached hydrogens (tertiary/aromatic N) is 1. The summed E-state index contributed by atoms with van der Waals surface area (Å²) in [4.78, 5) is 26.1. The molecule has 1 heterocycles. The highest BCUT2D eigenvalue weighted by atomic mass is 19.1. The van der Waals surface area contributed by atoms with Crippen LogP contribution in [0.25, 0.3) is 0 Å². The molecule has 1 aliphatic heterocycles. The summed E-state index contributed by atoms with van der Waals surface area (Å²) in [6.07, 6.45) is 1.23. The maximum absolute atomic E-state index is 13.9. The molecule has 2 amide bonds. The van der Waals surface area contributed by atoms with Crippen LogP contribution in [-0.2, 0) is 19.7 Å². The van der Waals surface area contributed by atoms with Crippen molar-refractivity contribution in [3.63, 3.8) is 0 Å². The van der Waals surface area contributed by atoms with E-state index in [1.807, 2.05) is 0 Å². The number of carbonyl (C=O) groups is 2. The Balaban J connectivity index is 1.60. The third kappa shape index (κ3) is 2.83. The van der Waals surface area contributed by atoms with E-state index < -0.39 is 5.41 Å². The van der Waals surface area contributed by atoms with Gasteiger partial charge in [0.2, 0.25) is 11.8 Å². The molecule has 0 atom stereocenters. The highest BCUT2D eigenvalue weighted by Crippen LogP contribution is 2.49. The number of halogens is 1. The van der Waals surface area contributed by atoms with E-state index in [0.717, 1.165) is 0 Å². The van der Waals surface area contributed by atoms with Crippen molar-refractivity contribution in [2.24, 2.45) is 0 Å². The Kier molecular flexibility index (Phi) is 4.11. The number of morpholine rings is 1. The second-order valence-corrected chi connectivity index (χ2v) is 5.74. The number of hydrogen-bond acceptors (Lipinski definition) is 3. The van der Waals surface area contributed by atoms with Crippen LogP contribution in [0, 0.1) is 5.82 Å². The number of benzene rings is 1. The molecule has 22 heavy (non-hydrogen) atoms. The number of hydrogen-bond donors (Lipinski definition) is 1. The molecule has 1 aromatic rings. The van der Waals surface area contributed by atoms with E-state index in [9.17, 15) is 14.0 Å². The fourth-order valence-electron chi connectivity index (χ4n) is 2.84. The minimum absolute atomic E-state index is 0.0466. The molecule has 0 unspecified atom stereocenters. The molecular weight excluding hydrogens is 287 g/mol. The van der Waals surface area contributed by atoms with E-state index in [1.165, 1.54) is 6.07 Å². The molecule has 1 aromatic carbocycles. The average Bonchev–Trinajstić information content (AvgIpc) is 3.35. The lowest BCUT2D eigenvalue weighted by molar-refractivity contribution is -0.136. The van der Waals surface area contributed by atoms with Gasteiger partial charge in [0.05, 0.1) is 25.2 Å². The Morgan fingerprint density at radius 2 is 1.91 bits per heavy atom. The van der Waals surface area contributed by atoms with Gasteiger partial charge in [-0.15, -0.1) is 0 Å². The lowest BCUT2D eigenvalue weighted by atomic mass is 9.94. The molecule has 2 fully saturated rings. The van der Waals surface area contributed by atoms with Crippen molar-refractivity contribution in [3.8, 4) is 0 Å². The largest absolute Gasteiger partial charge is 0.378 e. The minimum Gasteiger partial charge on any atom is -0.378 e. The summed E-state index contributed by atoms with van der Waals surface area (Å²) >= 11 is 0. The first kappa shape index (κ1) is 15.0. The molecule has 1 N–H and O–H groups in total. The molecule has 0 radical (unpaired) electrons. The van der Waals surface area contributed by atoms with Gasteiger partial charge in [-0.1, -0.05) is 18.2 Å². The van der Waals surface area contributed by atoms with Crippen LogP contribution in [0.4, 0.5) is 4.39 Å². The lowest BCUT2D eigenvalue weighted by Gasteiger charge is -2.27. The van der Waals surface area contributed by atoms with Gasteiger partial charge >= 0.3 is 0 Å². The second kappa shape index (κ2) is 6.04. The number of nitrogens with one attached hydrogen (secondary N) is 1. The van der Waals surface area contributed by atoms with Gasteiger partial charge in [0.15, 0.2) is 0 Å². The van der Waals surface area contributed by atoms with Crippen LogP contribution in [0.1, 0.15) is 18.4 Å². The number of ether oxygens (including phenoxy) is 1. The maximum Gasteiger partial charge on any atom is 0.242 e. The number of rotatable bonds is 4. The quantitative estimate of drug-likeness (QED) is 0.896. The zero-order chi connectivity index (χ0) is 15.6. The third-order valence-corrected chi connectivity index (χ3v) is 4.34. The summed E-state index contributed by atoms with van der Waals surface area (Å²) in [5, 5.41) is 2.67. The topological polar surface area (TPSA) is 58.6 Å². The molecule has 1 aliphatic carbocycles. The zero-order valence-corrected chi connectivity index (χ0v) is 12.3.